The van der Waals surface area contributed by atoms with Gasteiger partial charge in [-0.1, -0.05) is 6.07 Å². The first kappa shape index (κ1) is 27.3. The number of nitrogens with zero attached hydrogens (tertiary/aromatic N) is 1. The number of aromatic amines is 1. The van der Waals surface area contributed by atoms with Crippen molar-refractivity contribution in [3.05, 3.63) is 47.5 Å². The number of primary amides is 1. The highest BCUT2D eigenvalue weighted by Crippen LogP contribution is 2.40. The van der Waals surface area contributed by atoms with E-state index in [2.05, 4.69) is 10.3 Å². The van der Waals surface area contributed by atoms with E-state index in [4.69, 9.17) is 15.2 Å². The molecule has 0 spiro atoms. The van der Waals surface area contributed by atoms with Gasteiger partial charge in [0.05, 0.1) is 39.4 Å². The number of halogens is 3. The summed E-state index contributed by atoms with van der Waals surface area (Å²) in [6.07, 6.45) is -3.94. The van der Waals surface area contributed by atoms with Crippen LogP contribution in [-0.4, -0.2) is 68.3 Å². The van der Waals surface area contributed by atoms with Gasteiger partial charge in [-0.15, -0.1) is 0 Å². The van der Waals surface area contributed by atoms with E-state index in [0.717, 1.165) is 18.4 Å². The van der Waals surface area contributed by atoms with Gasteiger partial charge in [0, 0.05) is 16.5 Å². The van der Waals surface area contributed by atoms with Crippen molar-refractivity contribution >= 4 is 22.7 Å². The molecule has 0 saturated carbocycles. The maximum Gasteiger partial charge on any atom is 0.393 e. The Morgan fingerprint density at radius 2 is 1.79 bits per heavy atom. The van der Waals surface area contributed by atoms with Crippen LogP contribution in [0.15, 0.2) is 36.4 Å². The molecule has 8 nitrogen and oxygen atoms in total. The number of carbonyl (C=O) groups excluding carboxylic acids is 2. The minimum absolute atomic E-state index is 0.155. The average molecular weight is 533 g/mol. The molecule has 38 heavy (non-hydrogen) atoms. The van der Waals surface area contributed by atoms with Gasteiger partial charge in [0.1, 0.15) is 0 Å². The van der Waals surface area contributed by atoms with E-state index >= 15 is 0 Å². The predicted molar refractivity (Wildman–Crippen MR) is 137 cm³/mol. The largest absolute Gasteiger partial charge is 0.493 e. The molecule has 0 unspecified atom stereocenters. The number of carbonyl (C=O) groups is 2. The number of H-pyrrole nitrogens is 1. The SMILES string of the molecule is COc1ccc(-c2[nH]c3ccc(C4CCN(CC(=O)NCC(N)=O)CC4)cc3c2CC(F)(F)F)cc1OC. The van der Waals surface area contributed by atoms with Crippen LogP contribution >= 0.6 is 0 Å². The fraction of sp³-hybridized carbons (Fsp3) is 0.407. The first-order valence-corrected chi connectivity index (χ1v) is 12.3. The van der Waals surface area contributed by atoms with Crippen LogP contribution in [0.4, 0.5) is 13.2 Å². The summed E-state index contributed by atoms with van der Waals surface area (Å²) in [5.74, 6) is 0.204. The lowest BCUT2D eigenvalue weighted by molar-refractivity contribution is -0.127. The third kappa shape index (κ3) is 6.39. The Morgan fingerprint density at radius 3 is 2.42 bits per heavy atom. The number of methoxy groups -OCH3 is 2. The highest BCUT2D eigenvalue weighted by atomic mass is 19.4. The minimum Gasteiger partial charge on any atom is -0.493 e. The van der Waals surface area contributed by atoms with Crippen LogP contribution in [0.25, 0.3) is 22.2 Å². The van der Waals surface area contributed by atoms with Crippen molar-refractivity contribution in [1.82, 2.24) is 15.2 Å². The predicted octanol–water partition coefficient (Wildman–Crippen LogP) is 3.74. The molecule has 4 N–H and O–H groups in total. The standard InChI is InChI=1S/C27H31F3N4O4/c1-37-22-6-4-18(12-23(22)38-2)26-20(13-27(28,29)30)19-11-17(3-5-21(19)33-26)16-7-9-34(10-8-16)15-25(36)32-14-24(31)35/h3-6,11-12,16,33H,7-10,13-15H2,1-2H3,(H2,31,35)(H,32,36). The zero-order valence-electron chi connectivity index (χ0n) is 21.3. The van der Waals surface area contributed by atoms with Crippen LogP contribution in [-0.2, 0) is 16.0 Å². The normalized spacial score (nSPS) is 15.0. The van der Waals surface area contributed by atoms with E-state index in [0.29, 0.717) is 46.7 Å². The summed E-state index contributed by atoms with van der Waals surface area (Å²) in [4.78, 5) is 28.0. The van der Waals surface area contributed by atoms with Crippen LogP contribution in [0, 0.1) is 0 Å². The van der Waals surface area contributed by atoms with Gasteiger partial charge in [-0.2, -0.15) is 13.2 Å². The molecule has 0 bridgehead atoms. The molecule has 4 rings (SSSR count). The number of hydrogen-bond donors (Lipinski definition) is 3. The van der Waals surface area contributed by atoms with Gasteiger partial charge < -0.3 is 25.5 Å². The zero-order chi connectivity index (χ0) is 27.4. The first-order valence-electron chi connectivity index (χ1n) is 12.3. The molecular formula is C27H31F3N4O4. The molecule has 3 aromatic rings. The molecule has 11 heteroatoms. The summed E-state index contributed by atoms with van der Waals surface area (Å²) in [5.41, 5.74) is 7.81. The minimum atomic E-state index is -4.39. The molecule has 2 heterocycles. The molecule has 2 aromatic carbocycles. The number of hydrogen-bond acceptors (Lipinski definition) is 5. The van der Waals surface area contributed by atoms with Crippen molar-refractivity contribution < 1.29 is 32.2 Å². The summed E-state index contributed by atoms with van der Waals surface area (Å²) in [5, 5.41) is 3.02. The van der Waals surface area contributed by atoms with Crippen LogP contribution in [0.3, 0.4) is 0 Å². The Bertz CT molecular complexity index is 1310. The molecule has 1 aromatic heterocycles. The molecule has 2 amide bonds. The second-order valence-electron chi connectivity index (χ2n) is 9.44. The molecule has 0 aliphatic carbocycles. The maximum atomic E-state index is 13.7. The van der Waals surface area contributed by atoms with Gasteiger partial charge in [-0.05, 0) is 73.3 Å². The number of fused-ring (bicyclic) bond motifs is 1. The molecular weight excluding hydrogens is 501 g/mol. The summed E-state index contributed by atoms with van der Waals surface area (Å²) in [6.45, 7) is 1.29. The Balaban J connectivity index is 1.59. The Kier molecular flexibility index (Phi) is 8.15. The van der Waals surface area contributed by atoms with Crippen molar-refractivity contribution in [3.8, 4) is 22.8 Å². The number of piperidine rings is 1. The molecule has 204 valence electrons. The smallest absolute Gasteiger partial charge is 0.393 e. The van der Waals surface area contributed by atoms with Crippen LogP contribution < -0.4 is 20.5 Å². The number of nitrogens with one attached hydrogen (secondary N) is 2. The Morgan fingerprint density at radius 1 is 1.08 bits per heavy atom. The number of likely N-dealkylation sites (tertiary alicyclic amines) is 1. The van der Waals surface area contributed by atoms with Crippen molar-refractivity contribution in [2.75, 3.05) is 40.4 Å². The van der Waals surface area contributed by atoms with E-state index in [1.54, 1.807) is 18.2 Å². The van der Waals surface area contributed by atoms with Gasteiger partial charge in [-0.25, -0.2) is 0 Å². The monoisotopic (exact) mass is 532 g/mol. The van der Waals surface area contributed by atoms with Gasteiger partial charge >= 0.3 is 6.18 Å². The maximum absolute atomic E-state index is 13.7. The Labute approximate surface area is 218 Å². The van der Waals surface area contributed by atoms with Crippen molar-refractivity contribution in [1.29, 1.82) is 0 Å². The lowest BCUT2D eigenvalue weighted by Gasteiger charge is -2.31. The van der Waals surface area contributed by atoms with E-state index in [-0.39, 0.29) is 30.5 Å². The average Bonchev–Trinajstić information content (AvgIpc) is 3.23. The summed E-state index contributed by atoms with van der Waals surface area (Å²) >= 11 is 0. The fourth-order valence-electron chi connectivity index (χ4n) is 5.01. The first-order chi connectivity index (χ1) is 18.1. The van der Waals surface area contributed by atoms with Crippen molar-refractivity contribution in [3.63, 3.8) is 0 Å². The molecule has 1 aliphatic heterocycles. The van der Waals surface area contributed by atoms with Crippen LogP contribution in [0.5, 0.6) is 11.5 Å². The topological polar surface area (TPSA) is 110 Å². The summed E-state index contributed by atoms with van der Waals surface area (Å²) < 4.78 is 51.7. The third-order valence-electron chi connectivity index (χ3n) is 6.87. The number of benzene rings is 2. The highest BCUT2D eigenvalue weighted by molar-refractivity contribution is 5.92. The van der Waals surface area contributed by atoms with Crippen LogP contribution in [0.1, 0.15) is 29.9 Å². The second kappa shape index (κ2) is 11.3. The quantitative estimate of drug-likeness (QED) is 0.389. The van der Waals surface area contributed by atoms with Gasteiger partial charge in [0.15, 0.2) is 11.5 Å². The van der Waals surface area contributed by atoms with Gasteiger partial charge in [0.2, 0.25) is 11.8 Å². The zero-order valence-corrected chi connectivity index (χ0v) is 21.3. The Hall–Kier alpha value is -3.73. The number of aromatic nitrogens is 1. The fourth-order valence-corrected chi connectivity index (χ4v) is 5.01. The lowest BCUT2D eigenvalue weighted by atomic mass is 9.88. The molecule has 1 fully saturated rings. The molecule has 0 radical (unpaired) electrons. The number of alkyl halides is 3. The van der Waals surface area contributed by atoms with E-state index < -0.39 is 18.5 Å². The number of ether oxygens (including phenoxy) is 2. The van der Waals surface area contributed by atoms with Gasteiger partial charge in [-0.3, -0.25) is 14.5 Å². The summed E-state index contributed by atoms with van der Waals surface area (Å²) in [7, 11) is 2.98. The summed E-state index contributed by atoms with van der Waals surface area (Å²) in [6, 6.07) is 10.7. The van der Waals surface area contributed by atoms with E-state index in [1.807, 2.05) is 23.1 Å². The van der Waals surface area contributed by atoms with Crippen molar-refractivity contribution in [2.45, 2.75) is 31.4 Å². The molecule has 1 saturated heterocycles. The van der Waals surface area contributed by atoms with E-state index in [9.17, 15) is 22.8 Å². The highest BCUT2D eigenvalue weighted by Gasteiger charge is 2.32. The molecule has 1 aliphatic rings. The van der Waals surface area contributed by atoms with E-state index in [1.165, 1.54) is 14.2 Å². The second-order valence-corrected chi connectivity index (χ2v) is 9.44. The number of rotatable bonds is 9. The number of amides is 2. The molecule has 0 atom stereocenters. The number of nitrogens with two attached hydrogens (primary N) is 1. The van der Waals surface area contributed by atoms with Crippen LogP contribution in [0.2, 0.25) is 0 Å². The lowest BCUT2D eigenvalue weighted by Crippen LogP contribution is -2.43. The third-order valence-corrected chi connectivity index (χ3v) is 6.87. The van der Waals surface area contributed by atoms with Crippen molar-refractivity contribution in [2.24, 2.45) is 5.73 Å². The van der Waals surface area contributed by atoms with Gasteiger partial charge in [0.25, 0.3) is 0 Å².